The number of aryl methyl sites for hydroxylation is 1. The Balaban J connectivity index is 1.36. The number of hydrogen-bond donors (Lipinski definition) is 1. The van der Waals surface area contributed by atoms with Gasteiger partial charge in [-0.25, -0.2) is 4.98 Å². The number of rotatable bonds is 6. The molecule has 4 rings (SSSR count). The van der Waals surface area contributed by atoms with Crippen molar-refractivity contribution < 1.29 is 31.4 Å². The van der Waals surface area contributed by atoms with E-state index in [2.05, 4.69) is 14.8 Å². The molecule has 194 valence electrons. The smallest absolute Gasteiger partial charge is 0.369 e. The molecule has 0 bridgehead atoms. The predicted molar refractivity (Wildman–Crippen MR) is 122 cm³/mol. The van der Waals surface area contributed by atoms with E-state index in [0.717, 1.165) is 62.7 Å². The summed E-state index contributed by atoms with van der Waals surface area (Å²) in [6.07, 6.45) is -8.01. The second-order valence-electron chi connectivity index (χ2n) is 9.06. The first-order valence-electron chi connectivity index (χ1n) is 11.3. The summed E-state index contributed by atoms with van der Waals surface area (Å²) in [6.45, 7) is 5.19. The van der Waals surface area contributed by atoms with Gasteiger partial charge in [0.1, 0.15) is 0 Å². The third kappa shape index (κ3) is 5.42. The zero-order valence-electron chi connectivity index (χ0n) is 19.5. The number of piperazine rings is 1. The first-order valence-corrected chi connectivity index (χ1v) is 11.3. The number of hydrogen-bond acceptors (Lipinski definition) is 4. The van der Waals surface area contributed by atoms with Crippen LogP contribution < -0.4 is 0 Å². The molecule has 0 spiro atoms. The Morgan fingerprint density at radius 1 is 0.750 bits per heavy atom. The first-order chi connectivity index (χ1) is 16.9. The van der Waals surface area contributed by atoms with E-state index in [0.29, 0.717) is 23.3 Å². The van der Waals surface area contributed by atoms with E-state index in [1.54, 1.807) is 18.5 Å². The van der Waals surface area contributed by atoms with E-state index >= 15 is 0 Å². The number of benzene rings is 2. The number of alkyl halides is 6. The molecule has 1 aromatic heterocycles. The van der Waals surface area contributed by atoms with Gasteiger partial charge >= 0.3 is 12.4 Å². The molecule has 1 fully saturated rings. The molecular weight excluding hydrogens is 486 g/mol. The van der Waals surface area contributed by atoms with Crippen molar-refractivity contribution in [3.8, 4) is 11.1 Å². The standard InChI is InChI=1S/C25H26F6N4O/c1-33-15-22(32-17-33)16-35-12-10-34(11-13-35)14-18-2-4-19(5-3-18)20-6-8-21(9-7-20)23(36,24(26,27)28)25(29,30)31/h2-9,15,17,36H,10-14,16H2,1H3. The van der Waals surface area contributed by atoms with Crippen LogP contribution in [-0.2, 0) is 25.7 Å². The average Bonchev–Trinajstić information content (AvgIpc) is 3.23. The maximum atomic E-state index is 13.1. The van der Waals surface area contributed by atoms with Crippen LogP contribution in [0.1, 0.15) is 16.8 Å². The Bertz CT molecular complexity index is 1130. The maximum Gasteiger partial charge on any atom is 0.430 e. The van der Waals surface area contributed by atoms with Crippen LogP contribution in [0, 0.1) is 0 Å². The summed E-state index contributed by atoms with van der Waals surface area (Å²) >= 11 is 0. The predicted octanol–water partition coefficient (Wildman–Crippen LogP) is 4.72. The quantitative estimate of drug-likeness (QED) is 0.486. The van der Waals surface area contributed by atoms with E-state index in [-0.39, 0.29) is 0 Å². The minimum absolute atomic E-state index is 0.445. The molecular formula is C25H26F6N4O. The van der Waals surface area contributed by atoms with E-state index in [1.807, 2.05) is 29.9 Å². The zero-order chi connectivity index (χ0) is 26.1. The second-order valence-corrected chi connectivity index (χ2v) is 9.06. The largest absolute Gasteiger partial charge is 0.430 e. The highest BCUT2D eigenvalue weighted by Crippen LogP contribution is 2.50. The van der Waals surface area contributed by atoms with Gasteiger partial charge in [0.15, 0.2) is 0 Å². The van der Waals surface area contributed by atoms with Crippen LogP contribution in [0.2, 0.25) is 0 Å². The molecule has 5 nitrogen and oxygen atoms in total. The topological polar surface area (TPSA) is 44.5 Å². The van der Waals surface area contributed by atoms with E-state index in [1.165, 1.54) is 0 Å². The van der Waals surface area contributed by atoms with Crippen LogP contribution >= 0.6 is 0 Å². The Morgan fingerprint density at radius 2 is 1.22 bits per heavy atom. The number of aliphatic hydroxyl groups is 1. The summed E-state index contributed by atoms with van der Waals surface area (Å²) in [5.74, 6) is 0. The molecule has 36 heavy (non-hydrogen) atoms. The molecule has 1 aliphatic heterocycles. The lowest BCUT2D eigenvalue weighted by Gasteiger charge is -2.34. The average molecular weight is 512 g/mol. The normalized spacial score (nSPS) is 16.4. The molecule has 0 amide bonds. The van der Waals surface area contributed by atoms with Gasteiger partial charge in [0.25, 0.3) is 5.60 Å². The first kappa shape index (κ1) is 26.2. The fraction of sp³-hybridized carbons (Fsp3) is 0.400. The van der Waals surface area contributed by atoms with Gasteiger partial charge in [-0.1, -0.05) is 48.5 Å². The Kier molecular flexibility index (Phi) is 7.18. The van der Waals surface area contributed by atoms with Crippen molar-refractivity contribution in [2.45, 2.75) is 31.0 Å². The Labute approximate surface area is 204 Å². The minimum atomic E-state index is -5.90. The van der Waals surface area contributed by atoms with Crippen molar-refractivity contribution >= 4 is 0 Å². The molecule has 1 saturated heterocycles. The van der Waals surface area contributed by atoms with Crippen molar-refractivity contribution in [3.63, 3.8) is 0 Å². The van der Waals surface area contributed by atoms with E-state index < -0.39 is 23.5 Å². The van der Waals surface area contributed by atoms with Crippen molar-refractivity contribution in [3.05, 3.63) is 77.9 Å². The van der Waals surface area contributed by atoms with Gasteiger partial charge in [-0.2, -0.15) is 26.3 Å². The highest BCUT2D eigenvalue weighted by Gasteiger charge is 2.71. The summed E-state index contributed by atoms with van der Waals surface area (Å²) in [4.78, 5) is 9.04. The van der Waals surface area contributed by atoms with Gasteiger partial charge in [0.2, 0.25) is 0 Å². The van der Waals surface area contributed by atoms with Crippen molar-refractivity contribution in [1.82, 2.24) is 19.4 Å². The third-order valence-corrected chi connectivity index (χ3v) is 6.43. The molecule has 0 saturated carbocycles. The molecule has 1 N–H and O–H groups in total. The van der Waals surface area contributed by atoms with Gasteiger partial charge < -0.3 is 9.67 Å². The lowest BCUT2D eigenvalue weighted by atomic mass is 9.90. The van der Waals surface area contributed by atoms with Gasteiger partial charge in [-0.15, -0.1) is 0 Å². The fourth-order valence-corrected chi connectivity index (χ4v) is 4.34. The molecule has 1 aliphatic rings. The highest BCUT2D eigenvalue weighted by molar-refractivity contribution is 5.64. The fourth-order valence-electron chi connectivity index (χ4n) is 4.34. The monoisotopic (exact) mass is 512 g/mol. The van der Waals surface area contributed by atoms with Crippen LogP contribution in [-0.4, -0.2) is 63.0 Å². The van der Waals surface area contributed by atoms with Gasteiger partial charge in [-0.3, -0.25) is 9.80 Å². The van der Waals surface area contributed by atoms with Gasteiger partial charge in [0.05, 0.1) is 12.0 Å². The Morgan fingerprint density at radius 3 is 1.67 bits per heavy atom. The summed E-state index contributed by atoms with van der Waals surface area (Å²) in [6, 6.07) is 11.0. The second kappa shape index (κ2) is 9.87. The van der Waals surface area contributed by atoms with Gasteiger partial charge in [-0.05, 0) is 16.7 Å². The number of halogens is 6. The molecule has 0 unspecified atom stereocenters. The summed E-state index contributed by atoms with van der Waals surface area (Å²) in [5.41, 5.74) is -3.02. The van der Waals surface area contributed by atoms with Crippen LogP contribution in [0.3, 0.4) is 0 Å². The van der Waals surface area contributed by atoms with Crippen LogP contribution in [0.15, 0.2) is 61.1 Å². The van der Waals surface area contributed by atoms with Crippen LogP contribution in [0.4, 0.5) is 26.3 Å². The van der Waals surface area contributed by atoms with Crippen molar-refractivity contribution in [1.29, 1.82) is 0 Å². The van der Waals surface area contributed by atoms with Gasteiger partial charge in [0, 0.05) is 58.1 Å². The minimum Gasteiger partial charge on any atom is -0.369 e. The van der Waals surface area contributed by atoms with Crippen LogP contribution in [0.25, 0.3) is 11.1 Å². The van der Waals surface area contributed by atoms with Crippen molar-refractivity contribution in [2.24, 2.45) is 7.05 Å². The lowest BCUT2D eigenvalue weighted by molar-refractivity contribution is -0.376. The summed E-state index contributed by atoms with van der Waals surface area (Å²) < 4.78 is 80.4. The molecule has 2 aromatic carbocycles. The Hall–Kier alpha value is -2.89. The maximum absolute atomic E-state index is 13.1. The SMILES string of the molecule is Cn1cnc(CN2CCN(Cc3ccc(-c4ccc(C(O)(C(F)(F)F)C(F)(F)F)cc4)cc3)CC2)c1. The van der Waals surface area contributed by atoms with E-state index in [9.17, 15) is 31.4 Å². The summed E-state index contributed by atoms with van der Waals surface area (Å²) in [5, 5.41) is 9.54. The molecule has 11 heteroatoms. The lowest BCUT2D eigenvalue weighted by Crippen LogP contribution is -2.53. The van der Waals surface area contributed by atoms with Crippen molar-refractivity contribution in [2.75, 3.05) is 26.2 Å². The molecule has 0 atom stereocenters. The molecule has 0 radical (unpaired) electrons. The molecule has 0 aliphatic carbocycles. The molecule has 3 aromatic rings. The van der Waals surface area contributed by atoms with Crippen LogP contribution in [0.5, 0.6) is 0 Å². The number of imidazole rings is 1. The zero-order valence-corrected chi connectivity index (χ0v) is 19.5. The third-order valence-electron chi connectivity index (χ3n) is 6.43. The van der Waals surface area contributed by atoms with E-state index in [4.69, 9.17) is 0 Å². The summed E-state index contributed by atoms with van der Waals surface area (Å²) in [7, 11) is 1.94. The highest BCUT2D eigenvalue weighted by atomic mass is 19.4. The number of nitrogens with zero attached hydrogens (tertiary/aromatic N) is 4. The number of aromatic nitrogens is 2. The molecule has 2 heterocycles.